The van der Waals surface area contributed by atoms with Gasteiger partial charge in [-0.25, -0.2) is 9.27 Å². The van der Waals surface area contributed by atoms with Crippen LogP contribution in [-0.2, 0) is 27.0 Å². The van der Waals surface area contributed by atoms with Gasteiger partial charge in [-0.3, -0.25) is 9.69 Å². The molecule has 7 nitrogen and oxygen atoms in total. The Morgan fingerprint density at radius 3 is 2.42 bits per heavy atom. The smallest absolute Gasteiger partial charge is 0.317 e. The summed E-state index contributed by atoms with van der Waals surface area (Å²) in [6.45, 7) is 0.449. The minimum absolute atomic E-state index is 0.0417. The summed E-state index contributed by atoms with van der Waals surface area (Å²) >= 11 is -2.61. The first-order valence-electron chi connectivity index (χ1n) is 5.39. The number of aliphatic carboxylic acids is 1. The van der Waals surface area contributed by atoms with E-state index >= 15 is 0 Å². The molecule has 0 aromatic heterocycles. The molecular formula is C11H15N2O5S-. The zero-order valence-electron chi connectivity index (χ0n) is 10.6. The molecular weight excluding hydrogens is 272 g/mol. The first kappa shape index (κ1) is 15.6. The van der Waals surface area contributed by atoms with Gasteiger partial charge < -0.3 is 9.66 Å². The van der Waals surface area contributed by atoms with Gasteiger partial charge in [0.1, 0.15) is 11.4 Å². The number of carbonyl (C=O) groups is 1. The van der Waals surface area contributed by atoms with Gasteiger partial charge in [-0.15, -0.1) is 0 Å². The van der Waals surface area contributed by atoms with Gasteiger partial charge in [0.2, 0.25) is 0 Å². The maximum absolute atomic E-state index is 10.5. The molecule has 1 unspecified atom stereocenters. The van der Waals surface area contributed by atoms with Gasteiger partial charge in [-0.1, -0.05) is 12.1 Å². The normalized spacial score (nSPS) is 12.4. The lowest BCUT2D eigenvalue weighted by molar-refractivity contribution is -0.138. The summed E-state index contributed by atoms with van der Waals surface area (Å²) in [4.78, 5) is 12.2. The van der Waals surface area contributed by atoms with Crippen molar-refractivity contribution < 1.29 is 22.9 Å². The summed E-state index contributed by atoms with van der Waals surface area (Å²) in [6, 6.07) is 6.94. The third-order valence-electron chi connectivity index (χ3n) is 2.33. The Morgan fingerprint density at radius 2 is 1.95 bits per heavy atom. The number of hydroxylamine groups is 1. The average Bonchev–Trinajstić information content (AvgIpc) is 2.27. The minimum Gasteiger partial charge on any atom is -0.748 e. The van der Waals surface area contributed by atoms with Crippen LogP contribution < -0.4 is 5.06 Å². The summed E-state index contributed by atoms with van der Waals surface area (Å²) in [5.41, 5.74) is 1.50. The zero-order valence-corrected chi connectivity index (χ0v) is 11.4. The van der Waals surface area contributed by atoms with Crippen molar-refractivity contribution in [2.45, 2.75) is 6.54 Å². The second kappa shape index (κ2) is 7.19. The van der Waals surface area contributed by atoms with Crippen LogP contribution >= 0.6 is 0 Å². The van der Waals surface area contributed by atoms with Crippen molar-refractivity contribution in [3.63, 3.8) is 0 Å². The molecule has 0 saturated carbocycles. The van der Waals surface area contributed by atoms with Crippen LogP contribution in [0.25, 0.3) is 0 Å². The van der Waals surface area contributed by atoms with Crippen LogP contribution in [0.2, 0.25) is 0 Å². The maximum Gasteiger partial charge on any atom is 0.317 e. The highest BCUT2D eigenvalue weighted by Crippen LogP contribution is 2.15. The summed E-state index contributed by atoms with van der Waals surface area (Å²) < 4.78 is 25.2. The SMILES string of the molecule is CN(CC(=O)O)Cc1ccc(N(C)OS(=O)[O-])cc1. The van der Waals surface area contributed by atoms with Crippen LogP contribution in [0.5, 0.6) is 0 Å². The third-order valence-corrected chi connectivity index (χ3v) is 2.68. The van der Waals surface area contributed by atoms with Crippen LogP contribution in [0, 0.1) is 0 Å². The van der Waals surface area contributed by atoms with Crippen molar-refractivity contribution in [2.24, 2.45) is 0 Å². The van der Waals surface area contributed by atoms with Crippen molar-refractivity contribution >= 4 is 23.0 Å². The molecule has 0 amide bonds. The number of rotatable bonds is 7. The number of anilines is 1. The van der Waals surface area contributed by atoms with Gasteiger partial charge in [-0.2, -0.15) is 4.28 Å². The highest BCUT2D eigenvalue weighted by Gasteiger charge is 2.06. The molecule has 19 heavy (non-hydrogen) atoms. The Kier molecular flexibility index (Phi) is 5.90. The monoisotopic (exact) mass is 287 g/mol. The number of carboxylic acids is 1. The van der Waals surface area contributed by atoms with Crippen LogP contribution in [0.3, 0.4) is 0 Å². The lowest BCUT2D eigenvalue weighted by Gasteiger charge is -2.20. The summed E-state index contributed by atoms with van der Waals surface area (Å²) in [6.07, 6.45) is 0. The molecule has 0 radical (unpaired) electrons. The molecule has 1 atom stereocenters. The number of hydrogen-bond acceptors (Lipinski definition) is 6. The van der Waals surface area contributed by atoms with Crippen LogP contribution in [0.1, 0.15) is 5.56 Å². The molecule has 0 bridgehead atoms. The summed E-state index contributed by atoms with van der Waals surface area (Å²) in [5, 5.41) is 9.76. The van der Waals surface area contributed by atoms with E-state index in [0.29, 0.717) is 12.2 Å². The van der Waals surface area contributed by atoms with Gasteiger partial charge in [0, 0.05) is 13.6 Å². The highest BCUT2D eigenvalue weighted by molar-refractivity contribution is 7.74. The van der Waals surface area contributed by atoms with E-state index in [2.05, 4.69) is 4.28 Å². The minimum atomic E-state index is -2.61. The molecule has 1 aromatic rings. The van der Waals surface area contributed by atoms with E-state index in [0.717, 1.165) is 10.6 Å². The van der Waals surface area contributed by atoms with Crippen molar-refractivity contribution in [3.05, 3.63) is 29.8 Å². The van der Waals surface area contributed by atoms with E-state index in [1.165, 1.54) is 7.05 Å². The van der Waals surface area contributed by atoms with Crippen LogP contribution in [0.4, 0.5) is 5.69 Å². The fourth-order valence-corrected chi connectivity index (χ4v) is 1.81. The molecule has 0 spiro atoms. The molecule has 0 heterocycles. The topological polar surface area (TPSA) is 93.1 Å². The lowest BCUT2D eigenvalue weighted by Crippen LogP contribution is -2.25. The van der Waals surface area contributed by atoms with E-state index in [1.807, 2.05) is 0 Å². The zero-order chi connectivity index (χ0) is 14.4. The lowest BCUT2D eigenvalue weighted by atomic mass is 10.2. The van der Waals surface area contributed by atoms with Crippen LogP contribution in [-0.4, -0.2) is 45.4 Å². The molecule has 1 N–H and O–H groups in total. The predicted octanol–water partition coefficient (Wildman–Crippen LogP) is 0.365. The first-order valence-corrected chi connectivity index (χ1v) is 6.39. The van der Waals surface area contributed by atoms with E-state index in [1.54, 1.807) is 36.2 Å². The van der Waals surface area contributed by atoms with Gasteiger partial charge in [0.15, 0.2) is 0 Å². The number of likely N-dealkylation sites (N-methyl/N-ethyl adjacent to an activating group) is 1. The Labute approximate surface area is 113 Å². The fraction of sp³-hybridized carbons (Fsp3) is 0.364. The number of nitrogens with zero attached hydrogens (tertiary/aromatic N) is 2. The fourth-order valence-electron chi connectivity index (χ4n) is 1.54. The summed E-state index contributed by atoms with van der Waals surface area (Å²) in [7, 11) is 3.18. The standard InChI is InChI=1S/C11H16N2O5S/c1-12(8-11(14)15)7-9-3-5-10(6-4-9)13(2)18-19(16)17/h3-6H,7-8H2,1-2H3,(H,14,15)(H,16,17)/p-1. The van der Waals surface area contributed by atoms with Crippen molar-refractivity contribution in [3.8, 4) is 0 Å². The van der Waals surface area contributed by atoms with Gasteiger partial charge in [0.25, 0.3) is 0 Å². The van der Waals surface area contributed by atoms with Gasteiger partial charge >= 0.3 is 5.97 Å². The van der Waals surface area contributed by atoms with E-state index < -0.39 is 17.3 Å². The Hall–Kier alpha value is -1.48. The van der Waals surface area contributed by atoms with Gasteiger partial charge in [0.05, 0.1) is 12.2 Å². The molecule has 106 valence electrons. The molecule has 0 fully saturated rings. The number of benzene rings is 1. The van der Waals surface area contributed by atoms with E-state index in [4.69, 9.17) is 5.11 Å². The largest absolute Gasteiger partial charge is 0.748 e. The molecule has 1 aromatic carbocycles. The molecule has 0 aliphatic carbocycles. The predicted molar refractivity (Wildman–Crippen MR) is 68.8 cm³/mol. The molecule has 0 aliphatic heterocycles. The highest BCUT2D eigenvalue weighted by atomic mass is 32.2. The number of hydrogen-bond donors (Lipinski definition) is 1. The Morgan fingerprint density at radius 1 is 1.37 bits per heavy atom. The Balaban J connectivity index is 2.61. The molecule has 8 heteroatoms. The van der Waals surface area contributed by atoms with Crippen LogP contribution in [0.15, 0.2) is 24.3 Å². The van der Waals surface area contributed by atoms with Gasteiger partial charge in [-0.05, 0) is 24.7 Å². The molecule has 0 saturated heterocycles. The maximum atomic E-state index is 10.5. The first-order chi connectivity index (χ1) is 8.88. The van der Waals surface area contributed by atoms with E-state index in [9.17, 15) is 13.6 Å². The average molecular weight is 287 g/mol. The van der Waals surface area contributed by atoms with Crippen molar-refractivity contribution in [1.29, 1.82) is 0 Å². The van der Waals surface area contributed by atoms with E-state index in [-0.39, 0.29) is 6.54 Å². The second-order valence-corrected chi connectivity index (χ2v) is 4.57. The second-order valence-electron chi connectivity index (χ2n) is 4.01. The van der Waals surface area contributed by atoms with Crippen molar-refractivity contribution in [2.75, 3.05) is 25.7 Å². The summed E-state index contributed by atoms with van der Waals surface area (Å²) in [5.74, 6) is -0.884. The third kappa shape index (κ3) is 5.79. The quantitative estimate of drug-likeness (QED) is 0.572. The molecule has 0 aliphatic rings. The Bertz CT molecular complexity index is 451. The molecule has 1 rings (SSSR count). The number of carboxylic acid groups (broad SMARTS) is 1. The van der Waals surface area contributed by atoms with Crippen molar-refractivity contribution in [1.82, 2.24) is 4.90 Å².